The van der Waals surface area contributed by atoms with Crippen LogP contribution in [0, 0.1) is 0 Å². The maximum Gasteiger partial charge on any atom is 0.150 e. The Morgan fingerprint density at radius 3 is 2.41 bits per heavy atom. The molecule has 1 aromatic rings. The summed E-state index contributed by atoms with van der Waals surface area (Å²) in [5.74, 6) is 0.577. The molecule has 0 saturated carbocycles. The van der Waals surface area contributed by atoms with E-state index in [-0.39, 0.29) is 5.15 Å². The minimum absolute atomic E-state index is 0.265. The average molecular weight is 297 g/mol. The summed E-state index contributed by atoms with van der Waals surface area (Å²) in [7, 11) is 0. The van der Waals surface area contributed by atoms with E-state index in [1.807, 2.05) is 0 Å². The predicted molar refractivity (Wildman–Crippen MR) is 75.5 cm³/mol. The summed E-state index contributed by atoms with van der Waals surface area (Å²) < 4.78 is 0. The van der Waals surface area contributed by atoms with Crippen LogP contribution in [0.25, 0.3) is 0 Å². The van der Waals surface area contributed by atoms with Gasteiger partial charge in [-0.3, -0.25) is 0 Å². The molecule has 0 saturated heterocycles. The van der Waals surface area contributed by atoms with Gasteiger partial charge in [-0.05, 0) is 19.2 Å². The van der Waals surface area contributed by atoms with E-state index in [1.54, 1.807) is 6.07 Å². The Bertz CT molecular complexity index is 367. The van der Waals surface area contributed by atoms with Gasteiger partial charge in [0.15, 0.2) is 0 Å². The highest BCUT2D eigenvalue weighted by molar-refractivity contribution is 6.42. The van der Waals surface area contributed by atoms with Crippen LogP contribution in [-0.2, 0) is 0 Å². The van der Waals surface area contributed by atoms with Crippen LogP contribution >= 0.6 is 34.8 Å². The highest BCUT2D eigenvalue weighted by atomic mass is 35.5. The first-order valence-electron chi connectivity index (χ1n) is 5.56. The molecule has 6 heteroatoms. The van der Waals surface area contributed by atoms with Gasteiger partial charge in [0.2, 0.25) is 0 Å². The lowest BCUT2D eigenvalue weighted by Crippen LogP contribution is -2.28. The molecular weight excluding hydrogens is 281 g/mol. The van der Waals surface area contributed by atoms with Crippen molar-refractivity contribution in [2.45, 2.75) is 13.8 Å². The van der Waals surface area contributed by atoms with Crippen LogP contribution in [0.5, 0.6) is 0 Å². The number of hydrogen-bond donors (Lipinski definition) is 1. The van der Waals surface area contributed by atoms with Crippen molar-refractivity contribution in [3.8, 4) is 0 Å². The summed E-state index contributed by atoms with van der Waals surface area (Å²) in [5.41, 5.74) is 0. The molecule has 0 aliphatic heterocycles. The van der Waals surface area contributed by atoms with Crippen LogP contribution in [-0.4, -0.2) is 36.1 Å². The Kier molecular flexibility index (Phi) is 6.34. The lowest BCUT2D eigenvalue weighted by atomic mass is 10.4. The zero-order valence-corrected chi connectivity index (χ0v) is 12.2. The number of rotatable bonds is 6. The van der Waals surface area contributed by atoms with Gasteiger partial charge in [-0.25, -0.2) is 4.98 Å². The van der Waals surface area contributed by atoms with E-state index in [1.165, 1.54) is 0 Å². The van der Waals surface area contributed by atoms with E-state index < -0.39 is 0 Å². The molecule has 0 spiro atoms. The van der Waals surface area contributed by atoms with Crippen molar-refractivity contribution in [2.24, 2.45) is 0 Å². The molecular formula is C11H16Cl3N3. The maximum atomic E-state index is 6.00. The summed E-state index contributed by atoms with van der Waals surface area (Å²) in [5, 5.41) is 4.27. The molecule has 1 aromatic heterocycles. The molecule has 0 unspecified atom stereocenters. The van der Waals surface area contributed by atoms with Gasteiger partial charge in [0.1, 0.15) is 11.0 Å². The highest BCUT2D eigenvalue weighted by Crippen LogP contribution is 2.28. The molecule has 17 heavy (non-hydrogen) atoms. The summed E-state index contributed by atoms with van der Waals surface area (Å²) in [6, 6.07) is 1.60. The van der Waals surface area contributed by atoms with Crippen LogP contribution < -0.4 is 5.32 Å². The summed E-state index contributed by atoms with van der Waals surface area (Å²) in [4.78, 5) is 6.40. The van der Waals surface area contributed by atoms with Crippen molar-refractivity contribution in [1.82, 2.24) is 9.88 Å². The third-order valence-corrected chi connectivity index (χ3v) is 3.46. The van der Waals surface area contributed by atoms with Gasteiger partial charge in [-0.1, -0.05) is 48.7 Å². The largest absolute Gasteiger partial charge is 0.367 e. The number of nitrogens with one attached hydrogen (secondary N) is 1. The Hall–Kier alpha value is -0.220. The van der Waals surface area contributed by atoms with Gasteiger partial charge in [0.05, 0.1) is 10.0 Å². The maximum absolute atomic E-state index is 6.00. The van der Waals surface area contributed by atoms with Gasteiger partial charge in [-0.15, -0.1) is 0 Å². The standard InChI is InChI=1S/C11H16Cl3N3/c1-3-17(4-2)6-5-15-11-9(13)7-8(12)10(14)16-11/h7H,3-6H2,1-2H3,(H,15,16). The first kappa shape index (κ1) is 14.8. The molecule has 0 radical (unpaired) electrons. The third-order valence-electron chi connectivity index (χ3n) is 2.50. The molecule has 3 nitrogen and oxygen atoms in total. The number of hydrogen-bond acceptors (Lipinski definition) is 3. The summed E-state index contributed by atoms with van der Waals surface area (Å²) >= 11 is 17.6. The molecule has 96 valence electrons. The fraction of sp³-hybridized carbons (Fsp3) is 0.545. The second-order valence-corrected chi connectivity index (χ2v) is 4.72. The van der Waals surface area contributed by atoms with Crippen molar-refractivity contribution in [3.63, 3.8) is 0 Å². The van der Waals surface area contributed by atoms with Crippen molar-refractivity contribution >= 4 is 40.6 Å². The lowest BCUT2D eigenvalue weighted by Gasteiger charge is -2.18. The smallest absolute Gasteiger partial charge is 0.150 e. The number of nitrogens with zero attached hydrogens (tertiary/aromatic N) is 2. The molecule has 0 aliphatic rings. The van der Waals surface area contributed by atoms with E-state index in [2.05, 4.69) is 29.0 Å². The fourth-order valence-corrected chi connectivity index (χ4v) is 2.00. The van der Waals surface area contributed by atoms with E-state index in [0.29, 0.717) is 15.9 Å². The third kappa shape index (κ3) is 4.51. The predicted octanol–water partition coefficient (Wildman–Crippen LogP) is 3.80. The Labute approximate surface area is 117 Å². The Balaban J connectivity index is 2.55. The van der Waals surface area contributed by atoms with E-state index in [9.17, 15) is 0 Å². The van der Waals surface area contributed by atoms with E-state index >= 15 is 0 Å². The number of pyridine rings is 1. The summed E-state index contributed by atoms with van der Waals surface area (Å²) in [6.45, 7) is 8.03. The van der Waals surface area contributed by atoms with Crippen molar-refractivity contribution in [1.29, 1.82) is 0 Å². The number of halogens is 3. The minimum Gasteiger partial charge on any atom is -0.367 e. The minimum atomic E-state index is 0.265. The Morgan fingerprint density at radius 2 is 1.82 bits per heavy atom. The van der Waals surface area contributed by atoms with Crippen LogP contribution in [0.3, 0.4) is 0 Å². The van der Waals surface area contributed by atoms with Crippen LogP contribution in [0.2, 0.25) is 15.2 Å². The van der Waals surface area contributed by atoms with E-state index in [4.69, 9.17) is 34.8 Å². The van der Waals surface area contributed by atoms with Gasteiger partial charge in [0, 0.05) is 13.1 Å². The number of anilines is 1. The number of aromatic nitrogens is 1. The highest BCUT2D eigenvalue weighted by Gasteiger charge is 2.07. The first-order chi connectivity index (χ1) is 8.08. The van der Waals surface area contributed by atoms with Gasteiger partial charge >= 0.3 is 0 Å². The molecule has 0 fully saturated rings. The first-order valence-corrected chi connectivity index (χ1v) is 6.69. The SMILES string of the molecule is CCN(CC)CCNc1nc(Cl)c(Cl)cc1Cl. The normalized spacial score (nSPS) is 10.9. The van der Waals surface area contributed by atoms with Gasteiger partial charge in [0.25, 0.3) is 0 Å². The van der Waals surface area contributed by atoms with Gasteiger partial charge in [-0.2, -0.15) is 0 Å². The molecule has 0 amide bonds. The van der Waals surface area contributed by atoms with Crippen LogP contribution in [0.4, 0.5) is 5.82 Å². The molecule has 0 bridgehead atoms. The molecule has 0 atom stereocenters. The number of likely N-dealkylation sites (N-methyl/N-ethyl adjacent to an activating group) is 1. The Morgan fingerprint density at radius 1 is 1.18 bits per heavy atom. The van der Waals surface area contributed by atoms with Crippen molar-refractivity contribution in [2.75, 3.05) is 31.5 Å². The second-order valence-electron chi connectivity index (χ2n) is 3.55. The summed E-state index contributed by atoms with van der Waals surface area (Å²) in [6.07, 6.45) is 0. The van der Waals surface area contributed by atoms with Crippen LogP contribution in [0.1, 0.15) is 13.8 Å². The topological polar surface area (TPSA) is 28.2 Å². The van der Waals surface area contributed by atoms with Crippen molar-refractivity contribution < 1.29 is 0 Å². The monoisotopic (exact) mass is 295 g/mol. The lowest BCUT2D eigenvalue weighted by molar-refractivity contribution is 0.316. The quantitative estimate of drug-likeness (QED) is 0.809. The molecule has 0 aliphatic carbocycles. The second kappa shape index (κ2) is 7.27. The zero-order valence-electron chi connectivity index (χ0n) is 9.93. The molecule has 1 rings (SSSR count). The molecule has 0 aromatic carbocycles. The van der Waals surface area contributed by atoms with E-state index in [0.717, 1.165) is 26.2 Å². The van der Waals surface area contributed by atoms with Gasteiger partial charge < -0.3 is 10.2 Å². The zero-order chi connectivity index (χ0) is 12.8. The molecule has 1 N–H and O–H groups in total. The molecule has 1 heterocycles. The van der Waals surface area contributed by atoms with Crippen molar-refractivity contribution in [3.05, 3.63) is 21.3 Å². The average Bonchev–Trinajstić information content (AvgIpc) is 2.31. The van der Waals surface area contributed by atoms with Crippen LogP contribution in [0.15, 0.2) is 6.07 Å². The fourth-order valence-electron chi connectivity index (χ4n) is 1.44.